The summed E-state index contributed by atoms with van der Waals surface area (Å²) in [6, 6.07) is -0.832. The number of allylic oxidation sites excluding steroid dienone is 8. The summed E-state index contributed by atoms with van der Waals surface area (Å²) >= 11 is 0. The Kier molecular flexibility index (Phi) is 42.2. The third-order valence-electron chi connectivity index (χ3n) is 14.6. The van der Waals surface area contributed by atoms with Crippen molar-refractivity contribution in [2.75, 3.05) is 19.8 Å². The van der Waals surface area contributed by atoms with Crippen LogP contribution in [-0.2, 0) is 23.7 Å². The molecule has 14 heteroatoms. The lowest BCUT2D eigenvalue weighted by Gasteiger charge is -2.46. The lowest BCUT2D eigenvalue weighted by atomic mass is 9.97. The van der Waals surface area contributed by atoms with Crippen molar-refractivity contribution in [2.24, 2.45) is 0 Å². The van der Waals surface area contributed by atoms with Crippen LogP contribution < -0.4 is 5.32 Å². The monoisotopic (exact) mass is 1050 g/mol. The second-order valence-corrected chi connectivity index (χ2v) is 21.1. The average Bonchev–Trinajstić information content (AvgIpc) is 3.40. The highest BCUT2D eigenvalue weighted by Crippen LogP contribution is 2.30. The van der Waals surface area contributed by atoms with Crippen LogP contribution in [0.5, 0.6) is 0 Å². The summed E-state index contributed by atoms with van der Waals surface area (Å²) < 4.78 is 22.8. The molecule has 2 saturated heterocycles. The topological polar surface area (TPSA) is 228 Å². The first-order valence-electron chi connectivity index (χ1n) is 29.9. The van der Waals surface area contributed by atoms with Crippen molar-refractivity contribution in [1.82, 2.24) is 5.32 Å². The van der Waals surface area contributed by atoms with Gasteiger partial charge in [-0.3, -0.25) is 4.79 Å². The van der Waals surface area contributed by atoms with Gasteiger partial charge in [0.05, 0.1) is 32.0 Å². The molecule has 2 rings (SSSR count). The second-order valence-electron chi connectivity index (χ2n) is 21.1. The summed E-state index contributed by atoms with van der Waals surface area (Å²) in [4.78, 5) is 13.3. The van der Waals surface area contributed by atoms with Gasteiger partial charge in [-0.05, 0) is 51.4 Å². The Morgan fingerprint density at radius 3 is 1.43 bits per heavy atom. The summed E-state index contributed by atoms with van der Waals surface area (Å²) in [7, 11) is 0. The Bertz CT molecular complexity index is 1430. The molecule has 1 amide bonds. The van der Waals surface area contributed by atoms with E-state index in [2.05, 4.69) is 67.8 Å². The van der Waals surface area contributed by atoms with Crippen LogP contribution in [0.25, 0.3) is 0 Å². The molecule has 14 nitrogen and oxygen atoms in total. The van der Waals surface area contributed by atoms with E-state index in [0.717, 1.165) is 83.5 Å². The molecule has 0 aromatic carbocycles. The maximum atomic E-state index is 13.3. The van der Waals surface area contributed by atoms with Crippen molar-refractivity contribution < 1.29 is 64.6 Å². The molecule has 2 heterocycles. The SMILES string of the molecule is CC/C=C\C/C=C\C/C=C\C/C=C\CCCCCCCCCCCCC(=O)NC(COC1OC(CO)C(OC2OC(CO)C(O)C(O)C2O)C(O)C1O)C(O)CCCCCCCCCCCCCCCCCCC. The van der Waals surface area contributed by atoms with Gasteiger partial charge < -0.3 is 65.1 Å². The Labute approximate surface area is 448 Å². The molecule has 74 heavy (non-hydrogen) atoms. The maximum Gasteiger partial charge on any atom is 0.220 e. The predicted molar refractivity (Wildman–Crippen MR) is 295 cm³/mol. The number of aliphatic hydroxyl groups excluding tert-OH is 8. The van der Waals surface area contributed by atoms with Gasteiger partial charge in [-0.2, -0.15) is 0 Å². The van der Waals surface area contributed by atoms with Crippen LogP contribution in [0.4, 0.5) is 0 Å². The fourth-order valence-electron chi connectivity index (χ4n) is 9.76. The highest BCUT2D eigenvalue weighted by Gasteiger charge is 2.51. The molecule has 2 aliphatic heterocycles. The molecule has 0 radical (unpaired) electrons. The predicted octanol–water partition coefficient (Wildman–Crippen LogP) is 10.0. The van der Waals surface area contributed by atoms with Gasteiger partial charge in [0.2, 0.25) is 5.91 Å². The quantitative estimate of drug-likeness (QED) is 0.0205. The van der Waals surface area contributed by atoms with Gasteiger partial charge in [0, 0.05) is 6.42 Å². The number of carbonyl (C=O) groups excluding carboxylic acids is 1. The van der Waals surface area contributed by atoms with Crippen molar-refractivity contribution >= 4 is 5.91 Å². The zero-order valence-corrected chi connectivity index (χ0v) is 46.3. The number of aliphatic hydroxyl groups is 8. The summed E-state index contributed by atoms with van der Waals surface area (Å²) in [5.74, 6) is -0.211. The van der Waals surface area contributed by atoms with Gasteiger partial charge in [0.1, 0.15) is 48.8 Å². The van der Waals surface area contributed by atoms with E-state index in [-0.39, 0.29) is 12.5 Å². The Morgan fingerprint density at radius 2 is 0.932 bits per heavy atom. The maximum absolute atomic E-state index is 13.3. The molecule has 0 aliphatic carbocycles. The van der Waals surface area contributed by atoms with Gasteiger partial charge in [0.15, 0.2) is 12.6 Å². The van der Waals surface area contributed by atoms with E-state index >= 15 is 0 Å². The molecule has 0 bridgehead atoms. The van der Waals surface area contributed by atoms with Gasteiger partial charge in [0.25, 0.3) is 0 Å². The Morgan fingerprint density at radius 1 is 0.500 bits per heavy atom. The zero-order chi connectivity index (χ0) is 53.9. The first-order valence-corrected chi connectivity index (χ1v) is 29.9. The van der Waals surface area contributed by atoms with Crippen LogP contribution >= 0.6 is 0 Å². The van der Waals surface area contributed by atoms with E-state index in [1.165, 1.54) is 122 Å². The number of carbonyl (C=O) groups is 1. The first kappa shape index (κ1) is 68.1. The van der Waals surface area contributed by atoms with Crippen molar-refractivity contribution in [3.05, 3.63) is 48.6 Å². The molecule has 12 atom stereocenters. The Balaban J connectivity index is 1.75. The number of amides is 1. The van der Waals surface area contributed by atoms with Gasteiger partial charge in [-0.1, -0.05) is 223 Å². The highest BCUT2D eigenvalue weighted by molar-refractivity contribution is 5.76. The van der Waals surface area contributed by atoms with Crippen molar-refractivity contribution in [1.29, 1.82) is 0 Å². The van der Waals surface area contributed by atoms with Crippen molar-refractivity contribution in [2.45, 2.75) is 306 Å². The molecule has 0 spiro atoms. The number of unbranched alkanes of at least 4 members (excludes halogenated alkanes) is 26. The third kappa shape index (κ3) is 31.4. The highest BCUT2D eigenvalue weighted by atomic mass is 16.7. The number of hydrogen-bond acceptors (Lipinski definition) is 13. The number of ether oxygens (including phenoxy) is 4. The molecule has 0 aromatic rings. The van der Waals surface area contributed by atoms with Gasteiger partial charge >= 0.3 is 0 Å². The Hall–Kier alpha value is -2.05. The minimum absolute atomic E-state index is 0.211. The van der Waals surface area contributed by atoms with E-state index < -0.39 is 86.8 Å². The zero-order valence-electron chi connectivity index (χ0n) is 46.3. The fraction of sp³-hybridized carbons (Fsp3) is 0.850. The summed E-state index contributed by atoms with van der Waals surface area (Å²) in [5.41, 5.74) is 0. The third-order valence-corrected chi connectivity index (χ3v) is 14.6. The van der Waals surface area contributed by atoms with Crippen LogP contribution in [0.15, 0.2) is 48.6 Å². The van der Waals surface area contributed by atoms with E-state index in [4.69, 9.17) is 18.9 Å². The number of hydrogen-bond donors (Lipinski definition) is 9. The van der Waals surface area contributed by atoms with Crippen LogP contribution in [0.1, 0.15) is 232 Å². The molecule has 432 valence electrons. The molecule has 2 aliphatic rings. The number of nitrogens with one attached hydrogen (secondary N) is 1. The van der Waals surface area contributed by atoms with Crippen LogP contribution in [0, 0.1) is 0 Å². The normalized spacial score (nSPS) is 25.5. The molecular formula is C60H109NO13. The summed E-state index contributed by atoms with van der Waals surface area (Å²) in [6.45, 7) is 2.76. The standard InChI is InChI=1S/C60H109NO13/c1-3-5-7-9-11-13-15-17-19-21-22-23-24-25-26-28-30-32-34-36-38-40-42-44-52(65)61-48(49(64)43-41-39-37-35-33-31-29-27-20-18-16-14-12-10-8-6-4-2)47-71-59-57(70)55(68)58(51(46-63)73-59)74-60-56(69)54(67)53(66)50(45-62)72-60/h5,7,11,13,17,19,22-23,48-51,53-60,62-64,66-70H,3-4,6,8-10,12,14-16,18,20-21,24-47H2,1-2H3,(H,61,65)/b7-5-,13-11-,19-17-,23-22-. The van der Waals surface area contributed by atoms with Crippen LogP contribution in [0.3, 0.4) is 0 Å². The smallest absolute Gasteiger partial charge is 0.220 e. The van der Waals surface area contributed by atoms with Crippen LogP contribution in [0.2, 0.25) is 0 Å². The van der Waals surface area contributed by atoms with E-state index in [0.29, 0.717) is 12.8 Å². The number of rotatable bonds is 47. The summed E-state index contributed by atoms with van der Waals surface area (Å²) in [6.07, 6.45) is 39.6. The molecule has 0 saturated carbocycles. The second kappa shape index (κ2) is 45.9. The van der Waals surface area contributed by atoms with Gasteiger partial charge in [-0.25, -0.2) is 0 Å². The molecule has 12 unspecified atom stereocenters. The van der Waals surface area contributed by atoms with E-state index in [1.54, 1.807) is 0 Å². The molecule has 2 fully saturated rings. The summed E-state index contributed by atoms with van der Waals surface area (Å²) in [5, 5.41) is 87.3. The lowest BCUT2D eigenvalue weighted by molar-refractivity contribution is -0.359. The van der Waals surface area contributed by atoms with Crippen LogP contribution in [-0.4, -0.2) is 140 Å². The fourth-order valence-corrected chi connectivity index (χ4v) is 9.76. The van der Waals surface area contributed by atoms with E-state index in [1.807, 2.05) is 0 Å². The molecule has 9 N–H and O–H groups in total. The molecule has 0 aromatic heterocycles. The minimum Gasteiger partial charge on any atom is -0.394 e. The minimum atomic E-state index is -1.78. The lowest BCUT2D eigenvalue weighted by Crippen LogP contribution is -2.65. The van der Waals surface area contributed by atoms with Crippen molar-refractivity contribution in [3.63, 3.8) is 0 Å². The largest absolute Gasteiger partial charge is 0.394 e. The average molecular weight is 1050 g/mol. The van der Waals surface area contributed by atoms with E-state index in [9.17, 15) is 45.6 Å². The van der Waals surface area contributed by atoms with Gasteiger partial charge in [-0.15, -0.1) is 0 Å². The van der Waals surface area contributed by atoms with Crippen molar-refractivity contribution in [3.8, 4) is 0 Å². The first-order chi connectivity index (χ1) is 36.1. The molecular weight excluding hydrogens is 943 g/mol.